The lowest BCUT2D eigenvalue weighted by Gasteiger charge is -2.30. The summed E-state index contributed by atoms with van der Waals surface area (Å²) in [6.07, 6.45) is 12.3. The summed E-state index contributed by atoms with van der Waals surface area (Å²) >= 11 is 0. The summed E-state index contributed by atoms with van der Waals surface area (Å²) in [6.45, 7) is 0. The predicted molar refractivity (Wildman–Crippen MR) is 172 cm³/mol. The fraction of sp³-hybridized carbons (Fsp3) is 0.0750. The van der Waals surface area contributed by atoms with Gasteiger partial charge in [0.1, 0.15) is 0 Å². The Hall–Kier alpha value is -5.01. The largest absolute Gasteiger partial charge is 0.259 e. The Morgan fingerprint density at radius 3 is 2.17 bits per heavy atom. The Morgan fingerprint density at radius 1 is 0.585 bits per heavy atom. The highest BCUT2D eigenvalue weighted by Crippen LogP contribution is 2.49. The zero-order valence-electron chi connectivity index (χ0n) is 22.7. The minimum atomic E-state index is 0.109. The number of pyridine rings is 1. The molecule has 1 heteroatoms. The van der Waals surface area contributed by atoms with Gasteiger partial charge in [-0.05, 0) is 61.7 Å². The van der Waals surface area contributed by atoms with E-state index < -0.39 is 0 Å². The molecule has 0 spiro atoms. The molecule has 5 aromatic carbocycles. The van der Waals surface area contributed by atoms with Crippen LogP contribution in [0.4, 0.5) is 0 Å². The van der Waals surface area contributed by atoms with E-state index in [0.717, 1.165) is 12.1 Å². The molecule has 0 N–H and O–H groups in total. The van der Waals surface area contributed by atoms with Crippen molar-refractivity contribution in [1.82, 2.24) is 4.98 Å². The molecule has 0 amide bonds. The van der Waals surface area contributed by atoms with Crippen molar-refractivity contribution in [2.75, 3.05) is 0 Å². The van der Waals surface area contributed by atoms with Crippen LogP contribution in [-0.4, -0.2) is 4.98 Å². The number of fused-ring (bicyclic) bond motifs is 3. The number of allylic oxidation sites excluding steroid dienone is 2. The molecule has 2 aliphatic rings. The fourth-order valence-electron chi connectivity index (χ4n) is 6.91. The second-order valence-electron chi connectivity index (χ2n) is 11.0. The molecular formula is C40H29N. The quantitative estimate of drug-likeness (QED) is 0.224. The van der Waals surface area contributed by atoms with Gasteiger partial charge in [-0.25, -0.2) is 0 Å². The lowest BCUT2D eigenvalue weighted by molar-refractivity contribution is 0.785. The Morgan fingerprint density at radius 2 is 1.29 bits per heavy atom. The number of aromatic nitrogens is 1. The molecule has 194 valence electrons. The van der Waals surface area contributed by atoms with Crippen LogP contribution < -0.4 is 0 Å². The molecule has 8 rings (SSSR count). The molecule has 6 aromatic rings. The van der Waals surface area contributed by atoms with Crippen molar-refractivity contribution in [2.24, 2.45) is 0 Å². The fourth-order valence-corrected chi connectivity index (χ4v) is 6.91. The van der Waals surface area contributed by atoms with Gasteiger partial charge in [0.25, 0.3) is 0 Å². The Balaban J connectivity index is 1.51. The van der Waals surface area contributed by atoms with Gasteiger partial charge < -0.3 is 0 Å². The third kappa shape index (κ3) is 3.97. The van der Waals surface area contributed by atoms with Gasteiger partial charge in [0.05, 0.1) is 5.69 Å². The molecule has 0 radical (unpaired) electrons. The van der Waals surface area contributed by atoms with Crippen LogP contribution >= 0.6 is 0 Å². The molecule has 2 aliphatic carbocycles. The standard InChI is InChI=1S/C40H29N/c1-2-12-29(13-3-1)37-26-41-40(36-25-24-30-16-6-9-21-33(30)36)39(35-23-11-18-28-15-5-8-20-32(28)35)38(37)34-22-10-17-27-14-4-7-19-31(27)34/h1-22,24-26,35-36H,23H2. The Bertz CT molecular complexity index is 1970. The molecule has 1 aromatic heterocycles. The monoisotopic (exact) mass is 523 g/mol. The van der Waals surface area contributed by atoms with E-state index in [1.807, 2.05) is 0 Å². The highest BCUT2D eigenvalue weighted by molar-refractivity contribution is 6.02. The third-order valence-electron chi connectivity index (χ3n) is 8.77. The van der Waals surface area contributed by atoms with Crippen LogP contribution in [0.25, 0.3) is 45.2 Å². The van der Waals surface area contributed by atoms with Gasteiger partial charge in [-0.1, -0.05) is 146 Å². The van der Waals surface area contributed by atoms with Gasteiger partial charge in [0, 0.05) is 23.6 Å². The first-order valence-electron chi connectivity index (χ1n) is 14.5. The molecule has 0 aliphatic heterocycles. The molecule has 0 fully saturated rings. The third-order valence-corrected chi connectivity index (χ3v) is 8.77. The van der Waals surface area contributed by atoms with E-state index in [0.29, 0.717) is 0 Å². The second kappa shape index (κ2) is 9.87. The molecule has 0 bridgehead atoms. The van der Waals surface area contributed by atoms with Crippen LogP contribution in [0.15, 0.2) is 140 Å². The maximum Gasteiger partial charge on any atom is 0.0561 e. The van der Waals surface area contributed by atoms with Gasteiger partial charge >= 0.3 is 0 Å². The lowest BCUT2D eigenvalue weighted by Crippen LogP contribution is -2.14. The number of hydrogen-bond acceptors (Lipinski definition) is 1. The van der Waals surface area contributed by atoms with E-state index in [1.165, 1.54) is 60.8 Å². The average molecular weight is 524 g/mol. The number of benzene rings is 5. The van der Waals surface area contributed by atoms with Crippen molar-refractivity contribution in [3.63, 3.8) is 0 Å². The van der Waals surface area contributed by atoms with Crippen LogP contribution in [0, 0.1) is 0 Å². The van der Waals surface area contributed by atoms with Gasteiger partial charge in [-0.2, -0.15) is 0 Å². The van der Waals surface area contributed by atoms with E-state index in [1.54, 1.807) is 0 Å². The summed E-state index contributed by atoms with van der Waals surface area (Å²) in [5.74, 6) is 0.301. The summed E-state index contributed by atoms with van der Waals surface area (Å²) in [4.78, 5) is 5.37. The normalized spacial score (nSPS) is 17.0. The summed E-state index contributed by atoms with van der Waals surface area (Å²) in [5, 5.41) is 2.52. The maximum absolute atomic E-state index is 5.37. The molecule has 2 atom stereocenters. The molecular weight excluding hydrogens is 494 g/mol. The van der Waals surface area contributed by atoms with E-state index in [-0.39, 0.29) is 11.8 Å². The Kier molecular flexibility index (Phi) is 5.74. The SMILES string of the molecule is C1=Cc2ccccc2C(c2c(C3C=Cc4ccccc43)ncc(-c3ccccc3)c2-c2cccc3ccccc23)C1. The summed E-state index contributed by atoms with van der Waals surface area (Å²) in [6, 6.07) is 43.9. The van der Waals surface area contributed by atoms with Crippen LogP contribution in [-0.2, 0) is 0 Å². The van der Waals surface area contributed by atoms with Crippen molar-refractivity contribution < 1.29 is 0 Å². The maximum atomic E-state index is 5.37. The zero-order chi connectivity index (χ0) is 27.2. The summed E-state index contributed by atoms with van der Waals surface area (Å²) in [7, 11) is 0. The molecule has 2 unspecified atom stereocenters. The molecule has 0 saturated carbocycles. The van der Waals surface area contributed by atoms with Crippen molar-refractivity contribution in [3.05, 3.63) is 173 Å². The van der Waals surface area contributed by atoms with Crippen LogP contribution in [0.5, 0.6) is 0 Å². The molecule has 1 nitrogen and oxygen atoms in total. The molecule has 41 heavy (non-hydrogen) atoms. The first-order valence-corrected chi connectivity index (χ1v) is 14.5. The van der Waals surface area contributed by atoms with Gasteiger partial charge in [-0.15, -0.1) is 0 Å². The summed E-state index contributed by atoms with van der Waals surface area (Å²) < 4.78 is 0. The van der Waals surface area contributed by atoms with Crippen LogP contribution in [0.3, 0.4) is 0 Å². The van der Waals surface area contributed by atoms with E-state index in [4.69, 9.17) is 4.98 Å². The van der Waals surface area contributed by atoms with Gasteiger partial charge in [0.2, 0.25) is 0 Å². The van der Waals surface area contributed by atoms with E-state index in [2.05, 4.69) is 152 Å². The average Bonchev–Trinajstić information content (AvgIpc) is 3.48. The first-order chi connectivity index (χ1) is 20.4. The highest BCUT2D eigenvalue weighted by Gasteiger charge is 2.32. The topological polar surface area (TPSA) is 12.9 Å². The predicted octanol–water partition coefficient (Wildman–Crippen LogP) is 10.3. The van der Waals surface area contributed by atoms with Gasteiger partial charge in [0.15, 0.2) is 0 Å². The van der Waals surface area contributed by atoms with Crippen molar-refractivity contribution in [1.29, 1.82) is 0 Å². The van der Waals surface area contributed by atoms with Crippen molar-refractivity contribution in [2.45, 2.75) is 18.3 Å². The first kappa shape index (κ1) is 23.8. The molecule has 1 heterocycles. The number of rotatable bonds is 4. The smallest absolute Gasteiger partial charge is 0.0561 e. The summed E-state index contributed by atoms with van der Waals surface area (Å²) in [5.41, 5.74) is 12.7. The minimum absolute atomic E-state index is 0.109. The van der Waals surface area contributed by atoms with E-state index >= 15 is 0 Å². The van der Waals surface area contributed by atoms with Crippen LogP contribution in [0.2, 0.25) is 0 Å². The van der Waals surface area contributed by atoms with Crippen molar-refractivity contribution >= 4 is 22.9 Å². The highest BCUT2D eigenvalue weighted by atomic mass is 14.7. The zero-order valence-corrected chi connectivity index (χ0v) is 22.7. The Labute approximate surface area is 241 Å². The van der Waals surface area contributed by atoms with Gasteiger partial charge in [-0.3, -0.25) is 4.98 Å². The lowest BCUT2D eigenvalue weighted by atomic mass is 9.74. The number of nitrogens with zero attached hydrogens (tertiary/aromatic N) is 1. The second-order valence-corrected chi connectivity index (χ2v) is 11.0. The number of hydrogen-bond donors (Lipinski definition) is 0. The van der Waals surface area contributed by atoms with Crippen LogP contribution in [0.1, 0.15) is 51.8 Å². The minimum Gasteiger partial charge on any atom is -0.259 e. The molecule has 0 saturated heterocycles. The van der Waals surface area contributed by atoms with Crippen molar-refractivity contribution in [3.8, 4) is 22.3 Å². The van der Waals surface area contributed by atoms with E-state index in [9.17, 15) is 0 Å².